The van der Waals surface area contributed by atoms with Crippen molar-refractivity contribution in [3.05, 3.63) is 88.9 Å². The number of anilines is 1. The Morgan fingerprint density at radius 2 is 1.79 bits per heavy atom. The summed E-state index contributed by atoms with van der Waals surface area (Å²) in [5.41, 5.74) is 2.38. The SMILES string of the molecule is CCOC(=O)c1ccc(N=C2S[C@@H](C(=O)Nc3cccc(OCC)c3)CC(=O)N2Cc2ccc(Cl)cc2)cc1. The standard InChI is InChI=1S/C29H28ClN3O5S/c1-3-37-24-7-5-6-23(16-24)31-27(35)25-17-26(34)33(18-19-8-12-21(30)13-9-19)29(39-25)32-22-14-10-20(11-15-22)28(36)38-4-2/h5-16,25H,3-4,17-18H2,1-2H3,(H,31,35)/t25-/m1/s1. The molecule has 3 aromatic rings. The first-order chi connectivity index (χ1) is 18.9. The molecule has 4 rings (SSSR count). The number of halogens is 1. The summed E-state index contributed by atoms with van der Waals surface area (Å²) in [7, 11) is 0. The molecule has 1 atom stereocenters. The van der Waals surface area contributed by atoms with Crippen molar-refractivity contribution in [2.45, 2.75) is 32.1 Å². The third-order valence-corrected chi connectivity index (χ3v) is 7.14. The first-order valence-electron chi connectivity index (χ1n) is 12.5. The van der Waals surface area contributed by atoms with Crippen LogP contribution in [-0.4, -0.2) is 46.3 Å². The van der Waals surface area contributed by atoms with Crippen LogP contribution >= 0.6 is 23.4 Å². The molecule has 2 amide bonds. The van der Waals surface area contributed by atoms with E-state index in [1.807, 2.05) is 25.1 Å². The zero-order valence-corrected chi connectivity index (χ0v) is 23.1. The molecular formula is C29H28ClN3O5S. The number of carbonyl (C=O) groups excluding carboxylic acids is 3. The Kier molecular flexibility index (Phi) is 9.62. The van der Waals surface area contributed by atoms with E-state index in [0.29, 0.717) is 39.5 Å². The van der Waals surface area contributed by atoms with E-state index in [4.69, 9.17) is 26.1 Å². The lowest BCUT2D eigenvalue weighted by Gasteiger charge is -2.32. The smallest absolute Gasteiger partial charge is 0.338 e. The zero-order valence-electron chi connectivity index (χ0n) is 21.6. The molecule has 202 valence electrons. The van der Waals surface area contributed by atoms with Gasteiger partial charge in [0.15, 0.2) is 5.17 Å². The predicted molar refractivity (Wildman–Crippen MR) is 154 cm³/mol. The summed E-state index contributed by atoms with van der Waals surface area (Å²) in [6.07, 6.45) is 0.00998. The van der Waals surface area contributed by atoms with Gasteiger partial charge in [-0.25, -0.2) is 9.79 Å². The molecule has 0 bridgehead atoms. The monoisotopic (exact) mass is 565 g/mol. The Hall–Kier alpha value is -3.82. The fraction of sp³-hybridized carbons (Fsp3) is 0.241. The van der Waals surface area contributed by atoms with Crippen LogP contribution in [0.3, 0.4) is 0 Å². The summed E-state index contributed by atoms with van der Waals surface area (Å²) in [4.78, 5) is 44.8. The Bertz CT molecular complexity index is 1360. The molecule has 1 aliphatic heterocycles. The van der Waals surface area contributed by atoms with Gasteiger partial charge in [0, 0.05) is 23.2 Å². The highest BCUT2D eigenvalue weighted by atomic mass is 35.5. The van der Waals surface area contributed by atoms with Gasteiger partial charge in [0.2, 0.25) is 11.8 Å². The number of carbonyl (C=O) groups is 3. The highest BCUT2D eigenvalue weighted by molar-refractivity contribution is 8.15. The summed E-state index contributed by atoms with van der Waals surface area (Å²) in [5, 5.41) is 3.18. The quantitative estimate of drug-likeness (QED) is 0.316. The normalized spacial score (nSPS) is 16.2. The van der Waals surface area contributed by atoms with E-state index in [1.165, 1.54) is 11.8 Å². The van der Waals surface area contributed by atoms with E-state index < -0.39 is 11.2 Å². The number of benzene rings is 3. The largest absolute Gasteiger partial charge is 0.494 e. The van der Waals surface area contributed by atoms with Crippen LogP contribution in [-0.2, 0) is 20.9 Å². The number of nitrogens with zero attached hydrogens (tertiary/aromatic N) is 2. The van der Waals surface area contributed by atoms with Crippen LogP contribution in [0.1, 0.15) is 36.2 Å². The predicted octanol–water partition coefficient (Wildman–Crippen LogP) is 6.08. The number of esters is 1. The van der Waals surface area contributed by atoms with Crippen molar-refractivity contribution in [2.75, 3.05) is 18.5 Å². The van der Waals surface area contributed by atoms with Crippen molar-refractivity contribution >= 4 is 57.7 Å². The first kappa shape index (κ1) is 28.2. The van der Waals surface area contributed by atoms with Crippen molar-refractivity contribution in [3.8, 4) is 5.75 Å². The minimum absolute atomic E-state index is 0.00998. The second-order valence-corrected chi connectivity index (χ2v) is 10.1. The number of thioether (sulfide) groups is 1. The maximum atomic E-state index is 13.3. The van der Waals surface area contributed by atoms with Gasteiger partial charge in [-0.1, -0.05) is 41.6 Å². The van der Waals surface area contributed by atoms with Gasteiger partial charge in [0.25, 0.3) is 0 Å². The molecule has 39 heavy (non-hydrogen) atoms. The van der Waals surface area contributed by atoms with Gasteiger partial charge in [-0.15, -0.1) is 0 Å². The number of hydrogen-bond donors (Lipinski definition) is 1. The van der Waals surface area contributed by atoms with Crippen LogP contribution < -0.4 is 10.1 Å². The molecule has 1 fully saturated rings. The van der Waals surface area contributed by atoms with E-state index in [-0.39, 0.29) is 31.4 Å². The van der Waals surface area contributed by atoms with Gasteiger partial charge in [0.05, 0.1) is 31.0 Å². The second kappa shape index (κ2) is 13.3. The molecule has 0 aromatic heterocycles. The van der Waals surface area contributed by atoms with Gasteiger partial charge >= 0.3 is 5.97 Å². The van der Waals surface area contributed by atoms with Gasteiger partial charge in [-0.3, -0.25) is 14.5 Å². The Balaban J connectivity index is 1.58. The molecule has 8 nitrogen and oxygen atoms in total. The Morgan fingerprint density at radius 1 is 1.05 bits per heavy atom. The van der Waals surface area contributed by atoms with E-state index >= 15 is 0 Å². The van der Waals surface area contributed by atoms with Crippen molar-refractivity contribution in [1.82, 2.24) is 4.90 Å². The lowest BCUT2D eigenvalue weighted by molar-refractivity contribution is -0.129. The molecule has 0 radical (unpaired) electrons. The van der Waals surface area contributed by atoms with Gasteiger partial charge < -0.3 is 14.8 Å². The molecule has 0 unspecified atom stereocenters. The summed E-state index contributed by atoms with van der Waals surface area (Å²) >= 11 is 7.24. The zero-order chi connectivity index (χ0) is 27.8. The minimum Gasteiger partial charge on any atom is -0.494 e. The van der Waals surface area contributed by atoms with Crippen LogP contribution in [0.15, 0.2) is 77.8 Å². The topological polar surface area (TPSA) is 97.3 Å². The molecule has 1 saturated heterocycles. The van der Waals surface area contributed by atoms with E-state index in [2.05, 4.69) is 5.32 Å². The summed E-state index contributed by atoms with van der Waals surface area (Å²) in [6.45, 7) is 4.69. The molecule has 1 heterocycles. The fourth-order valence-corrected chi connectivity index (χ4v) is 5.04. The van der Waals surface area contributed by atoms with Crippen LogP contribution in [0.25, 0.3) is 0 Å². The van der Waals surface area contributed by atoms with Crippen LogP contribution in [0, 0.1) is 0 Å². The van der Waals surface area contributed by atoms with Crippen molar-refractivity contribution in [1.29, 1.82) is 0 Å². The van der Waals surface area contributed by atoms with Crippen molar-refractivity contribution in [2.24, 2.45) is 4.99 Å². The first-order valence-corrected chi connectivity index (χ1v) is 13.7. The number of rotatable bonds is 9. The Morgan fingerprint density at radius 3 is 2.49 bits per heavy atom. The number of amidine groups is 1. The number of ether oxygens (including phenoxy) is 2. The maximum absolute atomic E-state index is 13.3. The molecule has 0 saturated carbocycles. The lowest BCUT2D eigenvalue weighted by atomic mass is 10.2. The Labute approximate surface area is 236 Å². The third-order valence-electron chi connectivity index (χ3n) is 5.70. The summed E-state index contributed by atoms with van der Waals surface area (Å²) in [5.74, 6) is -0.314. The fourth-order valence-electron chi connectivity index (χ4n) is 3.82. The van der Waals surface area contributed by atoms with E-state index in [9.17, 15) is 14.4 Å². The molecular weight excluding hydrogens is 538 g/mol. The number of aliphatic imine (C=N–C) groups is 1. The lowest BCUT2D eigenvalue weighted by Crippen LogP contribution is -2.44. The molecule has 3 aromatic carbocycles. The number of nitrogens with one attached hydrogen (secondary N) is 1. The average molecular weight is 566 g/mol. The minimum atomic E-state index is -0.688. The second-order valence-electron chi connectivity index (χ2n) is 8.53. The van der Waals surface area contributed by atoms with Crippen molar-refractivity contribution in [3.63, 3.8) is 0 Å². The molecule has 1 N–H and O–H groups in total. The van der Waals surface area contributed by atoms with Crippen LogP contribution in [0.4, 0.5) is 11.4 Å². The van der Waals surface area contributed by atoms with Gasteiger partial charge in [-0.2, -0.15) is 0 Å². The summed E-state index contributed by atoms with van der Waals surface area (Å²) in [6, 6.07) is 20.9. The van der Waals surface area contributed by atoms with Gasteiger partial charge in [0.1, 0.15) is 11.0 Å². The number of hydrogen-bond acceptors (Lipinski definition) is 7. The summed E-state index contributed by atoms with van der Waals surface area (Å²) < 4.78 is 10.6. The van der Waals surface area contributed by atoms with Gasteiger partial charge in [-0.05, 0) is 67.9 Å². The van der Waals surface area contributed by atoms with Crippen molar-refractivity contribution < 1.29 is 23.9 Å². The molecule has 0 spiro atoms. The molecule has 1 aliphatic rings. The molecule has 0 aliphatic carbocycles. The molecule has 10 heteroatoms. The van der Waals surface area contributed by atoms with E-state index in [0.717, 1.165) is 5.56 Å². The maximum Gasteiger partial charge on any atom is 0.338 e. The number of amides is 2. The third kappa shape index (κ3) is 7.61. The average Bonchev–Trinajstić information content (AvgIpc) is 2.92. The van der Waals surface area contributed by atoms with Crippen LogP contribution in [0.5, 0.6) is 5.75 Å². The van der Waals surface area contributed by atoms with Crippen LogP contribution in [0.2, 0.25) is 5.02 Å². The highest BCUT2D eigenvalue weighted by Gasteiger charge is 2.36. The highest BCUT2D eigenvalue weighted by Crippen LogP contribution is 2.31. The van der Waals surface area contributed by atoms with E-state index in [1.54, 1.807) is 66.4 Å².